The molecule has 0 bridgehead atoms. The second kappa shape index (κ2) is 9.14. The molecule has 3 fully saturated rings. The molecule has 2 saturated heterocycles. The number of imide groups is 1. The fraction of sp³-hybridized carbons (Fsp3) is 0.708. The lowest BCUT2D eigenvalue weighted by Gasteiger charge is -2.40. The topological polar surface area (TPSA) is 81.8 Å². The summed E-state index contributed by atoms with van der Waals surface area (Å²) in [5, 5.41) is 7.97. The third-order valence-electron chi connectivity index (χ3n) is 7.56. The van der Waals surface area contributed by atoms with Crippen LogP contribution in [-0.4, -0.2) is 59.4 Å². The highest BCUT2D eigenvalue weighted by Crippen LogP contribution is 2.43. The molecule has 2 aliphatic heterocycles. The minimum atomic E-state index is -0.825. The van der Waals surface area contributed by atoms with E-state index in [1.165, 1.54) is 17.7 Å². The number of nitrogens with one attached hydrogen (secondary N) is 2. The molecule has 1 aliphatic carbocycles. The molecule has 0 aromatic carbocycles. The number of nitrogens with zero attached hydrogens (tertiary/aromatic N) is 2. The van der Waals surface area contributed by atoms with Crippen LogP contribution >= 0.6 is 11.3 Å². The highest BCUT2D eigenvalue weighted by Gasteiger charge is 2.53. The number of likely N-dealkylation sites (tertiary alicyclic amines) is 1. The molecule has 1 saturated carbocycles. The van der Waals surface area contributed by atoms with Crippen LogP contribution in [0.4, 0.5) is 4.79 Å². The first kappa shape index (κ1) is 23.2. The van der Waals surface area contributed by atoms with Crippen LogP contribution in [0.5, 0.6) is 0 Å². The highest BCUT2D eigenvalue weighted by atomic mass is 32.1. The van der Waals surface area contributed by atoms with Crippen molar-refractivity contribution in [2.75, 3.05) is 26.2 Å². The summed E-state index contributed by atoms with van der Waals surface area (Å²) in [7, 11) is 0. The zero-order valence-corrected chi connectivity index (χ0v) is 20.3. The summed E-state index contributed by atoms with van der Waals surface area (Å²) in [6, 6.07) is 3.85. The zero-order valence-electron chi connectivity index (χ0n) is 19.5. The number of carbonyl (C=O) groups excluding carboxylic acids is 3. The quantitative estimate of drug-likeness (QED) is 0.637. The summed E-state index contributed by atoms with van der Waals surface area (Å²) in [5.41, 5.74) is -0.630. The SMILES string of the molecule is CC(C)(C)C1CCC2(CC1)NC(=O)N(CC(=O)NCC(c1cccs1)N1CCCC1)C2=O. The van der Waals surface area contributed by atoms with E-state index in [1.54, 1.807) is 11.3 Å². The Balaban J connectivity index is 1.34. The lowest BCUT2D eigenvalue weighted by Crippen LogP contribution is -2.51. The summed E-state index contributed by atoms with van der Waals surface area (Å²) in [6.45, 7) is 9.02. The molecule has 8 heteroatoms. The number of hydrogen-bond donors (Lipinski definition) is 2. The number of rotatable bonds is 6. The minimum Gasteiger partial charge on any atom is -0.353 e. The second-order valence-electron chi connectivity index (χ2n) is 10.6. The lowest BCUT2D eigenvalue weighted by atomic mass is 9.67. The van der Waals surface area contributed by atoms with Gasteiger partial charge in [-0.15, -0.1) is 11.3 Å². The van der Waals surface area contributed by atoms with Gasteiger partial charge in [-0.1, -0.05) is 26.8 Å². The van der Waals surface area contributed by atoms with E-state index in [1.807, 2.05) is 6.07 Å². The highest BCUT2D eigenvalue weighted by molar-refractivity contribution is 7.10. The van der Waals surface area contributed by atoms with Crippen molar-refractivity contribution < 1.29 is 14.4 Å². The van der Waals surface area contributed by atoms with Crippen molar-refractivity contribution in [1.82, 2.24) is 20.4 Å². The molecular weight excluding hydrogens is 424 g/mol. The summed E-state index contributed by atoms with van der Waals surface area (Å²) in [5.74, 6) is 0.0176. The first-order chi connectivity index (χ1) is 15.2. The third-order valence-corrected chi connectivity index (χ3v) is 8.53. The molecule has 3 heterocycles. The van der Waals surface area contributed by atoms with Crippen molar-refractivity contribution >= 4 is 29.2 Å². The van der Waals surface area contributed by atoms with Gasteiger partial charge in [0.2, 0.25) is 5.91 Å². The minimum absolute atomic E-state index is 0.142. The van der Waals surface area contributed by atoms with Gasteiger partial charge in [0.25, 0.3) is 5.91 Å². The van der Waals surface area contributed by atoms with E-state index >= 15 is 0 Å². The average molecular weight is 461 g/mol. The molecule has 4 rings (SSSR count). The van der Waals surface area contributed by atoms with Crippen LogP contribution < -0.4 is 10.6 Å². The van der Waals surface area contributed by atoms with Gasteiger partial charge in [-0.05, 0) is 74.4 Å². The number of thiophene rings is 1. The van der Waals surface area contributed by atoms with E-state index < -0.39 is 11.6 Å². The van der Waals surface area contributed by atoms with Gasteiger partial charge in [0.05, 0.1) is 6.04 Å². The van der Waals surface area contributed by atoms with E-state index in [4.69, 9.17) is 0 Å². The predicted octanol–water partition coefficient (Wildman–Crippen LogP) is 3.53. The average Bonchev–Trinajstić information content (AvgIpc) is 3.49. The zero-order chi connectivity index (χ0) is 22.9. The van der Waals surface area contributed by atoms with Crippen LogP contribution in [-0.2, 0) is 9.59 Å². The smallest absolute Gasteiger partial charge is 0.325 e. The van der Waals surface area contributed by atoms with Gasteiger partial charge >= 0.3 is 6.03 Å². The van der Waals surface area contributed by atoms with Gasteiger partial charge in [0.1, 0.15) is 12.1 Å². The first-order valence-corrected chi connectivity index (χ1v) is 12.8. The van der Waals surface area contributed by atoms with Gasteiger partial charge in [0.15, 0.2) is 0 Å². The van der Waals surface area contributed by atoms with Crippen LogP contribution in [0.15, 0.2) is 17.5 Å². The number of amides is 4. The van der Waals surface area contributed by atoms with Gasteiger partial charge in [-0.25, -0.2) is 4.79 Å². The van der Waals surface area contributed by atoms with E-state index in [0.717, 1.165) is 30.8 Å². The summed E-state index contributed by atoms with van der Waals surface area (Å²) < 4.78 is 0. The van der Waals surface area contributed by atoms with E-state index in [0.29, 0.717) is 25.3 Å². The Morgan fingerprint density at radius 1 is 1.25 bits per heavy atom. The summed E-state index contributed by atoms with van der Waals surface area (Å²) >= 11 is 1.70. The van der Waals surface area contributed by atoms with Crippen LogP contribution in [0.3, 0.4) is 0 Å². The predicted molar refractivity (Wildman–Crippen MR) is 125 cm³/mol. The second-order valence-corrected chi connectivity index (χ2v) is 11.6. The van der Waals surface area contributed by atoms with Crippen LogP contribution in [0.1, 0.15) is 70.2 Å². The van der Waals surface area contributed by atoms with E-state index in [-0.39, 0.29) is 29.8 Å². The third kappa shape index (κ3) is 4.71. The fourth-order valence-electron chi connectivity index (χ4n) is 5.49. The largest absolute Gasteiger partial charge is 0.353 e. The molecule has 1 atom stereocenters. The number of carbonyl (C=O) groups is 3. The maximum Gasteiger partial charge on any atom is 0.325 e. The number of hydrogen-bond acceptors (Lipinski definition) is 5. The Labute approximate surface area is 194 Å². The molecular formula is C24H36N4O3S. The van der Waals surface area contributed by atoms with Crippen molar-refractivity contribution in [3.8, 4) is 0 Å². The van der Waals surface area contributed by atoms with Crippen LogP contribution in [0.25, 0.3) is 0 Å². The Bertz CT molecular complexity index is 834. The fourth-order valence-corrected chi connectivity index (χ4v) is 6.35. The van der Waals surface area contributed by atoms with Gasteiger partial charge < -0.3 is 10.6 Å². The van der Waals surface area contributed by atoms with Crippen molar-refractivity contribution in [2.45, 2.75) is 70.9 Å². The summed E-state index contributed by atoms with van der Waals surface area (Å²) in [6.07, 6.45) is 5.47. The Kier molecular flexibility index (Phi) is 6.63. The first-order valence-electron chi connectivity index (χ1n) is 11.9. The van der Waals surface area contributed by atoms with Crippen LogP contribution in [0.2, 0.25) is 0 Å². The molecule has 1 aromatic rings. The van der Waals surface area contributed by atoms with Crippen molar-refractivity contribution in [1.29, 1.82) is 0 Å². The van der Waals surface area contributed by atoms with E-state index in [9.17, 15) is 14.4 Å². The lowest BCUT2D eigenvalue weighted by molar-refractivity contribution is -0.136. The van der Waals surface area contributed by atoms with Crippen molar-refractivity contribution in [2.24, 2.45) is 11.3 Å². The van der Waals surface area contributed by atoms with E-state index in [2.05, 4.69) is 47.8 Å². The van der Waals surface area contributed by atoms with Crippen molar-refractivity contribution in [3.05, 3.63) is 22.4 Å². The Morgan fingerprint density at radius 3 is 2.53 bits per heavy atom. The Hall–Kier alpha value is -1.93. The van der Waals surface area contributed by atoms with Gasteiger partial charge in [-0.3, -0.25) is 19.4 Å². The molecule has 0 radical (unpaired) electrons. The maximum atomic E-state index is 13.2. The molecule has 176 valence electrons. The van der Waals surface area contributed by atoms with Gasteiger partial charge in [0, 0.05) is 11.4 Å². The maximum absolute atomic E-state index is 13.2. The van der Waals surface area contributed by atoms with Crippen molar-refractivity contribution in [3.63, 3.8) is 0 Å². The number of urea groups is 1. The molecule has 7 nitrogen and oxygen atoms in total. The van der Waals surface area contributed by atoms with Gasteiger partial charge in [-0.2, -0.15) is 0 Å². The molecule has 32 heavy (non-hydrogen) atoms. The standard InChI is InChI=1S/C24H36N4O3S/c1-23(2,3)17-8-10-24(11-9-17)21(30)28(22(31)26-24)16-20(29)25-15-18(19-7-6-14-32-19)27-12-4-5-13-27/h6-7,14,17-18H,4-5,8-13,15-16H2,1-3H3,(H,25,29)(H,26,31). The molecule has 1 aromatic heterocycles. The molecule has 4 amide bonds. The molecule has 3 aliphatic rings. The summed E-state index contributed by atoms with van der Waals surface area (Å²) in [4.78, 5) is 43.3. The Morgan fingerprint density at radius 2 is 1.94 bits per heavy atom. The molecule has 2 N–H and O–H groups in total. The molecule has 1 unspecified atom stereocenters. The van der Waals surface area contributed by atoms with Crippen LogP contribution in [0, 0.1) is 11.3 Å². The normalized spacial score (nSPS) is 27.7. The monoisotopic (exact) mass is 460 g/mol. The molecule has 1 spiro atoms.